The number of unbranched alkanes of at least 4 members (excludes halogenated alkanes) is 3. The van der Waals surface area contributed by atoms with Gasteiger partial charge < -0.3 is 16.5 Å². The van der Waals surface area contributed by atoms with E-state index in [0.29, 0.717) is 35.9 Å². The van der Waals surface area contributed by atoms with E-state index in [1.54, 1.807) is 6.92 Å². The molecule has 0 aliphatic carbocycles. The number of imidazole rings is 1. The number of anilines is 1. The molecule has 0 saturated heterocycles. The number of nitrogens with two attached hydrogens (primary N) is 2. The highest BCUT2D eigenvalue weighted by Crippen LogP contribution is 2.21. The van der Waals surface area contributed by atoms with Gasteiger partial charge in [0.15, 0.2) is 11.5 Å². The van der Waals surface area contributed by atoms with Gasteiger partial charge in [-0.25, -0.2) is 19.7 Å². The number of nitrogens with zero attached hydrogens (tertiary/aromatic N) is 4. The Bertz CT molecular complexity index is 610. The first kappa shape index (κ1) is 15.2. The maximum atomic E-state index is 11.7. The number of urea groups is 1. The molecule has 2 amide bonds. The first-order valence-corrected chi connectivity index (χ1v) is 7.08. The van der Waals surface area contributed by atoms with Gasteiger partial charge in [-0.3, -0.25) is 4.90 Å². The summed E-state index contributed by atoms with van der Waals surface area (Å²) in [6.07, 6.45) is 5.42. The molecule has 114 valence electrons. The van der Waals surface area contributed by atoms with Gasteiger partial charge in [0, 0.05) is 6.54 Å². The van der Waals surface area contributed by atoms with Crippen LogP contribution in [0.1, 0.15) is 31.5 Å². The van der Waals surface area contributed by atoms with Crippen LogP contribution in [0.15, 0.2) is 6.33 Å². The minimum Gasteiger partial charge on any atom is -0.351 e. The summed E-state index contributed by atoms with van der Waals surface area (Å²) in [4.78, 5) is 28.8. The van der Waals surface area contributed by atoms with Crippen molar-refractivity contribution in [2.45, 2.75) is 32.6 Å². The quantitative estimate of drug-likeness (QED) is 0.657. The Hall–Kier alpha value is -2.22. The number of rotatable bonds is 7. The van der Waals surface area contributed by atoms with Crippen LogP contribution in [0.5, 0.6) is 0 Å². The Morgan fingerprint density at radius 1 is 1.29 bits per heavy atom. The molecule has 0 saturated carbocycles. The number of nitrogens with one attached hydrogen (secondary N) is 1. The first-order valence-electron chi connectivity index (χ1n) is 7.08. The maximum absolute atomic E-state index is 11.7. The van der Waals surface area contributed by atoms with Crippen LogP contribution in [0.3, 0.4) is 0 Å². The van der Waals surface area contributed by atoms with E-state index in [2.05, 4.69) is 19.9 Å². The Morgan fingerprint density at radius 3 is 2.76 bits per heavy atom. The number of carbonyl (C=O) groups excluding carboxylic acids is 1. The molecule has 21 heavy (non-hydrogen) atoms. The lowest BCUT2D eigenvalue weighted by Crippen LogP contribution is -2.37. The zero-order chi connectivity index (χ0) is 15.2. The molecule has 0 spiro atoms. The molecule has 0 fully saturated rings. The van der Waals surface area contributed by atoms with E-state index in [0.717, 1.165) is 25.7 Å². The van der Waals surface area contributed by atoms with E-state index in [1.807, 2.05) is 0 Å². The van der Waals surface area contributed by atoms with Crippen molar-refractivity contribution in [3.63, 3.8) is 0 Å². The van der Waals surface area contributed by atoms with Crippen molar-refractivity contribution >= 4 is 23.0 Å². The van der Waals surface area contributed by atoms with Crippen molar-refractivity contribution in [3.05, 3.63) is 12.2 Å². The third-order valence-electron chi connectivity index (χ3n) is 3.24. The van der Waals surface area contributed by atoms with Crippen LogP contribution in [0, 0.1) is 6.92 Å². The predicted octanol–water partition coefficient (Wildman–Crippen LogP) is 1.07. The molecule has 0 aliphatic heterocycles. The molecule has 0 unspecified atom stereocenters. The summed E-state index contributed by atoms with van der Waals surface area (Å²) in [5.74, 6) is 1.04. The van der Waals surface area contributed by atoms with E-state index in [4.69, 9.17) is 11.5 Å². The molecule has 8 nitrogen and oxygen atoms in total. The first-order chi connectivity index (χ1) is 10.1. The average Bonchev–Trinajstić information content (AvgIpc) is 2.89. The van der Waals surface area contributed by atoms with Gasteiger partial charge >= 0.3 is 6.03 Å². The smallest absolute Gasteiger partial charge is 0.320 e. The fourth-order valence-corrected chi connectivity index (χ4v) is 2.21. The summed E-state index contributed by atoms with van der Waals surface area (Å²) in [5.41, 5.74) is 12.1. The van der Waals surface area contributed by atoms with Gasteiger partial charge in [-0.1, -0.05) is 12.8 Å². The summed E-state index contributed by atoms with van der Waals surface area (Å²) in [6, 6.07) is -0.525. The van der Waals surface area contributed by atoms with Gasteiger partial charge in [0.2, 0.25) is 0 Å². The number of hydrogen-bond donors (Lipinski definition) is 3. The Balaban J connectivity index is 2.16. The number of fused-ring (bicyclic) bond motifs is 1. The number of carbonyl (C=O) groups is 1. The normalized spacial score (nSPS) is 11.0. The molecule has 5 N–H and O–H groups in total. The molecule has 0 aromatic carbocycles. The Morgan fingerprint density at radius 2 is 2.05 bits per heavy atom. The molecule has 2 aromatic heterocycles. The van der Waals surface area contributed by atoms with Crippen molar-refractivity contribution in [2.75, 3.05) is 18.0 Å². The third kappa shape index (κ3) is 3.66. The summed E-state index contributed by atoms with van der Waals surface area (Å²) in [7, 11) is 0. The number of amides is 2. The van der Waals surface area contributed by atoms with Crippen LogP contribution >= 0.6 is 0 Å². The SMILES string of the molecule is Cc1nc(N(CCCCCCN)C(N)=O)c2[nH]cnc2n1. The average molecular weight is 291 g/mol. The van der Waals surface area contributed by atoms with Crippen LogP contribution < -0.4 is 16.4 Å². The predicted molar refractivity (Wildman–Crippen MR) is 80.9 cm³/mol. The lowest BCUT2D eigenvalue weighted by molar-refractivity contribution is 0.253. The van der Waals surface area contributed by atoms with Gasteiger partial charge in [-0.2, -0.15) is 0 Å². The molecule has 2 aromatic rings. The number of primary amides is 1. The van der Waals surface area contributed by atoms with Crippen molar-refractivity contribution in [1.82, 2.24) is 19.9 Å². The molecular formula is C13H21N7O. The van der Waals surface area contributed by atoms with Crippen LogP contribution in [-0.2, 0) is 0 Å². The molecule has 2 heterocycles. The fraction of sp³-hybridized carbons (Fsp3) is 0.538. The highest BCUT2D eigenvalue weighted by atomic mass is 16.2. The second kappa shape index (κ2) is 6.98. The summed E-state index contributed by atoms with van der Waals surface area (Å²) >= 11 is 0. The second-order valence-electron chi connectivity index (χ2n) is 4.89. The lowest BCUT2D eigenvalue weighted by Gasteiger charge is -2.20. The van der Waals surface area contributed by atoms with Gasteiger partial charge in [0.1, 0.15) is 11.3 Å². The van der Waals surface area contributed by atoms with Gasteiger partial charge in [-0.05, 0) is 26.3 Å². The van der Waals surface area contributed by atoms with Crippen LogP contribution in [-0.4, -0.2) is 39.1 Å². The number of aromatic amines is 1. The van der Waals surface area contributed by atoms with E-state index in [9.17, 15) is 4.79 Å². The molecule has 2 rings (SSSR count). The molecular weight excluding hydrogens is 270 g/mol. The van der Waals surface area contributed by atoms with Crippen LogP contribution in [0.25, 0.3) is 11.2 Å². The summed E-state index contributed by atoms with van der Waals surface area (Å²) in [5, 5.41) is 0. The minimum absolute atomic E-state index is 0.487. The van der Waals surface area contributed by atoms with E-state index in [1.165, 1.54) is 11.2 Å². The van der Waals surface area contributed by atoms with Crippen molar-refractivity contribution in [2.24, 2.45) is 11.5 Å². The van der Waals surface area contributed by atoms with Crippen LogP contribution in [0.2, 0.25) is 0 Å². The monoisotopic (exact) mass is 291 g/mol. The van der Waals surface area contributed by atoms with E-state index in [-0.39, 0.29) is 0 Å². The second-order valence-corrected chi connectivity index (χ2v) is 4.89. The lowest BCUT2D eigenvalue weighted by atomic mass is 10.2. The van der Waals surface area contributed by atoms with Crippen LogP contribution in [0.4, 0.5) is 10.6 Å². The van der Waals surface area contributed by atoms with Gasteiger partial charge in [-0.15, -0.1) is 0 Å². The third-order valence-corrected chi connectivity index (χ3v) is 3.24. The fourth-order valence-electron chi connectivity index (χ4n) is 2.21. The maximum Gasteiger partial charge on any atom is 0.320 e. The summed E-state index contributed by atoms with van der Waals surface area (Å²) in [6.45, 7) is 2.97. The Kier molecular flexibility index (Phi) is 5.04. The molecule has 8 heteroatoms. The van der Waals surface area contributed by atoms with E-state index >= 15 is 0 Å². The largest absolute Gasteiger partial charge is 0.351 e. The molecule has 0 atom stereocenters. The van der Waals surface area contributed by atoms with Gasteiger partial charge in [0.05, 0.1) is 6.33 Å². The topological polar surface area (TPSA) is 127 Å². The number of hydrogen-bond acceptors (Lipinski definition) is 5. The van der Waals surface area contributed by atoms with Crippen molar-refractivity contribution < 1.29 is 4.79 Å². The standard InChI is InChI=1S/C13H21N7O/c1-9-18-11-10(16-8-17-11)12(19-9)20(13(15)21)7-5-3-2-4-6-14/h8H,2-7,14H2,1H3,(H2,15,21)(H,16,17,18,19). The number of aromatic nitrogens is 4. The molecule has 0 aliphatic rings. The number of aryl methyl sites for hydroxylation is 1. The highest BCUT2D eigenvalue weighted by molar-refractivity contribution is 5.97. The van der Waals surface area contributed by atoms with Crippen molar-refractivity contribution in [1.29, 1.82) is 0 Å². The zero-order valence-electron chi connectivity index (χ0n) is 12.2. The minimum atomic E-state index is -0.525. The summed E-state index contributed by atoms with van der Waals surface area (Å²) < 4.78 is 0. The molecule has 0 bridgehead atoms. The van der Waals surface area contributed by atoms with Crippen molar-refractivity contribution in [3.8, 4) is 0 Å². The Labute approximate surface area is 123 Å². The highest BCUT2D eigenvalue weighted by Gasteiger charge is 2.19. The van der Waals surface area contributed by atoms with Gasteiger partial charge in [0.25, 0.3) is 0 Å². The number of H-pyrrole nitrogens is 1. The van der Waals surface area contributed by atoms with E-state index < -0.39 is 6.03 Å². The molecule has 0 radical (unpaired) electrons. The zero-order valence-corrected chi connectivity index (χ0v) is 12.2.